The van der Waals surface area contributed by atoms with Crippen molar-refractivity contribution in [2.24, 2.45) is 5.92 Å². The van der Waals surface area contributed by atoms with E-state index in [0.717, 1.165) is 27.0 Å². The molecule has 0 aliphatic rings. The van der Waals surface area contributed by atoms with Crippen molar-refractivity contribution in [3.8, 4) is 0 Å². The summed E-state index contributed by atoms with van der Waals surface area (Å²) in [6.07, 6.45) is 1.97. The lowest BCUT2D eigenvalue weighted by Gasteiger charge is -2.23. The van der Waals surface area contributed by atoms with Gasteiger partial charge < -0.3 is 5.32 Å². The van der Waals surface area contributed by atoms with Crippen molar-refractivity contribution in [3.63, 3.8) is 0 Å². The highest BCUT2D eigenvalue weighted by Gasteiger charge is 2.22. The third-order valence-corrected chi connectivity index (χ3v) is 4.78. The van der Waals surface area contributed by atoms with Gasteiger partial charge in [0.05, 0.1) is 11.9 Å². The molecule has 0 aliphatic carbocycles. The second kappa shape index (κ2) is 7.97. The molecule has 0 radical (unpaired) electrons. The van der Waals surface area contributed by atoms with E-state index in [9.17, 15) is 13.2 Å². The third-order valence-electron chi connectivity index (χ3n) is 3.16. The Bertz CT molecular complexity index is 630. The van der Waals surface area contributed by atoms with E-state index in [4.69, 9.17) is 0 Å². The number of nitrogens with zero attached hydrogens (tertiary/aromatic N) is 1. The van der Waals surface area contributed by atoms with Crippen LogP contribution < -0.4 is 9.62 Å². The molecule has 0 aromatic heterocycles. The standard InChI is InChI=1S/C15H23BrN2O3S/c1-11(2)7-8-17-15(19)10-18(22(4,20)21)14-6-5-13(16)9-12(14)3/h5-6,9,11H,7-8,10H2,1-4H3,(H,17,19). The van der Waals surface area contributed by atoms with Crippen LogP contribution >= 0.6 is 15.9 Å². The van der Waals surface area contributed by atoms with E-state index in [-0.39, 0.29) is 12.5 Å². The first-order valence-electron chi connectivity index (χ1n) is 7.12. The normalized spacial score (nSPS) is 11.5. The predicted octanol–water partition coefficient (Wildman–Crippen LogP) is 2.69. The van der Waals surface area contributed by atoms with Crippen LogP contribution in [0.3, 0.4) is 0 Å². The minimum atomic E-state index is -3.53. The van der Waals surface area contributed by atoms with E-state index in [1.807, 2.05) is 13.0 Å². The van der Waals surface area contributed by atoms with Crippen LogP contribution in [0.25, 0.3) is 0 Å². The summed E-state index contributed by atoms with van der Waals surface area (Å²) in [6.45, 7) is 6.29. The van der Waals surface area contributed by atoms with Gasteiger partial charge in [0.25, 0.3) is 0 Å². The summed E-state index contributed by atoms with van der Waals surface area (Å²) in [6, 6.07) is 5.28. The van der Waals surface area contributed by atoms with E-state index in [2.05, 4.69) is 35.1 Å². The summed E-state index contributed by atoms with van der Waals surface area (Å²) >= 11 is 3.35. The van der Waals surface area contributed by atoms with Crippen LogP contribution in [-0.2, 0) is 14.8 Å². The van der Waals surface area contributed by atoms with Crippen LogP contribution in [0.15, 0.2) is 22.7 Å². The van der Waals surface area contributed by atoms with E-state index >= 15 is 0 Å². The number of sulfonamides is 1. The first-order chi connectivity index (χ1) is 10.1. The van der Waals surface area contributed by atoms with Gasteiger partial charge in [0.1, 0.15) is 6.54 Å². The van der Waals surface area contributed by atoms with Crippen molar-refractivity contribution in [1.82, 2.24) is 5.32 Å². The number of aryl methyl sites for hydroxylation is 1. The first-order valence-corrected chi connectivity index (χ1v) is 9.76. The van der Waals surface area contributed by atoms with Gasteiger partial charge in [-0.15, -0.1) is 0 Å². The van der Waals surface area contributed by atoms with Crippen LogP contribution in [0, 0.1) is 12.8 Å². The van der Waals surface area contributed by atoms with Gasteiger partial charge in [-0.3, -0.25) is 9.10 Å². The topological polar surface area (TPSA) is 66.5 Å². The molecule has 7 heteroatoms. The number of halogens is 1. The highest BCUT2D eigenvalue weighted by Crippen LogP contribution is 2.25. The second-order valence-corrected chi connectivity index (χ2v) is 8.56. The summed E-state index contributed by atoms with van der Waals surface area (Å²) in [5.41, 5.74) is 1.31. The summed E-state index contributed by atoms with van der Waals surface area (Å²) in [7, 11) is -3.53. The molecule has 0 saturated heterocycles. The van der Waals surface area contributed by atoms with Crippen molar-refractivity contribution in [1.29, 1.82) is 0 Å². The highest BCUT2D eigenvalue weighted by molar-refractivity contribution is 9.10. The summed E-state index contributed by atoms with van der Waals surface area (Å²) in [5.74, 6) is 0.188. The maximum atomic E-state index is 12.0. The van der Waals surface area contributed by atoms with Gasteiger partial charge in [-0.05, 0) is 43.0 Å². The zero-order chi connectivity index (χ0) is 16.9. The molecule has 1 amide bonds. The number of hydrogen-bond donors (Lipinski definition) is 1. The molecule has 0 fully saturated rings. The van der Waals surface area contributed by atoms with E-state index in [1.54, 1.807) is 12.1 Å². The Labute approximate surface area is 141 Å². The zero-order valence-electron chi connectivity index (χ0n) is 13.4. The fourth-order valence-corrected chi connectivity index (χ4v) is 3.36. The van der Waals surface area contributed by atoms with Crippen LogP contribution in [-0.4, -0.2) is 33.7 Å². The number of carbonyl (C=O) groups excluding carboxylic acids is 1. The Balaban J connectivity index is 2.89. The van der Waals surface area contributed by atoms with Crippen molar-refractivity contribution >= 4 is 37.5 Å². The lowest BCUT2D eigenvalue weighted by Crippen LogP contribution is -2.41. The molecule has 0 atom stereocenters. The Morgan fingerprint density at radius 1 is 1.36 bits per heavy atom. The molecular formula is C15H23BrN2O3S. The van der Waals surface area contributed by atoms with E-state index in [0.29, 0.717) is 18.2 Å². The lowest BCUT2D eigenvalue weighted by atomic mass is 10.1. The minimum absolute atomic E-state index is 0.209. The molecule has 22 heavy (non-hydrogen) atoms. The van der Waals surface area contributed by atoms with Gasteiger partial charge >= 0.3 is 0 Å². The van der Waals surface area contributed by atoms with Gasteiger partial charge in [-0.2, -0.15) is 0 Å². The number of amides is 1. The molecule has 1 aromatic rings. The van der Waals surface area contributed by atoms with Crippen LogP contribution in [0.5, 0.6) is 0 Å². The molecular weight excluding hydrogens is 368 g/mol. The maximum absolute atomic E-state index is 12.0. The average molecular weight is 391 g/mol. The van der Waals surface area contributed by atoms with Crippen molar-refractivity contribution < 1.29 is 13.2 Å². The summed E-state index contributed by atoms with van der Waals surface area (Å²) in [5, 5.41) is 2.76. The summed E-state index contributed by atoms with van der Waals surface area (Å²) in [4.78, 5) is 12.0. The SMILES string of the molecule is Cc1cc(Br)ccc1N(CC(=O)NCCC(C)C)S(C)(=O)=O. The Hall–Kier alpha value is -1.08. The molecule has 0 unspecified atom stereocenters. The second-order valence-electron chi connectivity index (χ2n) is 5.73. The number of hydrogen-bond acceptors (Lipinski definition) is 3. The minimum Gasteiger partial charge on any atom is -0.355 e. The van der Waals surface area contributed by atoms with Gasteiger partial charge in [0.15, 0.2) is 0 Å². The number of benzene rings is 1. The third kappa shape index (κ3) is 5.96. The van der Waals surface area contributed by atoms with Crippen molar-refractivity contribution in [3.05, 3.63) is 28.2 Å². The Morgan fingerprint density at radius 3 is 2.50 bits per heavy atom. The Kier molecular flexibility index (Phi) is 6.87. The molecule has 0 spiro atoms. The van der Waals surface area contributed by atoms with E-state index < -0.39 is 10.0 Å². The largest absolute Gasteiger partial charge is 0.355 e. The molecule has 5 nitrogen and oxygen atoms in total. The molecule has 1 N–H and O–H groups in total. The van der Waals surface area contributed by atoms with E-state index in [1.165, 1.54) is 0 Å². The monoisotopic (exact) mass is 390 g/mol. The first kappa shape index (κ1) is 19.0. The number of anilines is 1. The molecule has 0 bridgehead atoms. The van der Waals surface area contributed by atoms with Gasteiger partial charge in [-0.1, -0.05) is 29.8 Å². The van der Waals surface area contributed by atoms with Gasteiger partial charge in [0, 0.05) is 11.0 Å². The van der Waals surface area contributed by atoms with Gasteiger partial charge in [0.2, 0.25) is 15.9 Å². The number of carbonyl (C=O) groups is 1. The Morgan fingerprint density at radius 2 is 2.00 bits per heavy atom. The quantitative estimate of drug-likeness (QED) is 0.777. The van der Waals surface area contributed by atoms with Crippen LogP contribution in [0.4, 0.5) is 5.69 Å². The van der Waals surface area contributed by atoms with Crippen LogP contribution in [0.1, 0.15) is 25.8 Å². The fourth-order valence-electron chi connectivity index (χ4n) is 1.97. The molecule has 124 valence electrons. The van der Waals surface area contributed by atoms with Crippen molar-refractivity contribution in [2.45, 2.75) is 27.2 Å². The zero-order valence-corrected chi connectivity index (χ0v) is 15.8. The number of rotatable bonds is 7. The fraction of sp³-hybridized carbons (Fsp3) is 0.533. The summed E-state index contributed by atoms with van der Waals surface area (Å²) < 4.78 is 26.0. The molecule has 1 aromatic carbocycles. The average Bonchev–Trinajstić information content (AvgIpc) is 2.35. The number of nitrogens with one attached hydrogen (secondary N) is 1. The highest BCUT2D eigenvalue weighted by atomic mass is 79.9. The molecule has 0 heterocycles. The van der Waals surface area contributed by atoms with Crippen molar-refractivity contribution in [2.75, 3.05) is 23.7 Å². The van der Waals surface area contributed by atoms with Crippen LogP contribution in [0.2, 0.25) is 0 Å². The van der Waals surface area contributed by atoms with Gasteiger partial charge in [-0.25, -0.2) is 8.42 Å². The smallest absolute Gasteiger partial charge is 0.240 e. The molecule has 0 aliphatic heterocycles. The lowest BCUT2D eigenvalue weighted by molar-refractivity contribution is -0.119. The molecule has 1 rings (SSSR count). The maximum Gasteiger partial charge on any atom is 0.240 e. The predicted molar refractivity (Wildman–Crippen MR) is 93.5 cm³/mol. The molecule has 0 saturated carbocycles.